The number of aliphatic hydroxyl groups is 1. The number of rotatable bonds is 2. The molecule has 1 N–H and O–H groups in total. The second kappa shape index (κ2) is 3.32. The van der Waals surface area contributed by atoms with E-state index in [-0.39, 0.29) is 6.61 Å². The molecule has 0 bridgehead atoms. The third-order valence-corrected chi connectivity index (χ3v) is 1.64. The highest BCUT2D eigenvalue weighted by Gasteiger charge is 1.98. The first-order valence-electron chi connectivity index (χ1n) is 3.80. The Morgan fingerprint density at radius 1 is 1.38 bits per heavy atom. The maximum atomic E-state index is 8.84. The van der Waals surface area contributed by atoms with Crippen molar-refractivity contribution in [3.05, 3.63) is 36.8 Å². The molecular weight excluding hydrogens is 168 g/mol. The molecule has 0 unspecified atom stereocenters. The van der Waals surface area contributed by atoms with Gasteiger partial charge in [-0.15, -0.1) is 0 Å². The van der Waals surface area contributed by atoms with E-state index in [0.717, 1.165) is 0 Å². The zero-order valence-corrected chi connectivity index (χ0v) is 6.83. The molecule has 0 aromatic carbocycles. The third kappa shape index (κ3) is 1.54. The lowest BCUT2D eigenvalue weighted by molar-refractivity contribution is 0.276. The Labute approximate surface area is 74.7 Å². The van der Waals surface area contributed by atoms with Crippen LogP contribution in [0.1, 0.15) is 5.69 Å². The Morgan fingerprint density at radius 2 is 2.31 bits per heavy atom. The topological polar surface area (TPSA) is 63.8 Å². The standard InChI is InChI=1S/C8H8N4O/c13-4-7-3-8(11-5-10-7)12-2-1-9-6-12/h1-3,5-6,13H,4H2. The molecule has 2 rings (SSSR count). The monoisotopic (exact) mass is 176 g/mol. The van der Waals surface area contributed by atoms with Crippen LogP contribution >= 0.6 is 0 Å². The summed E-state index contributed by atoms with van der Waals surface area (Å²) in [6.07, 6.45) is 6.51. The van der Waals surface area contributed by atoms with Crippen LogP contribution in [0.15, 0.2) is 31.1 Å². The molecule has 66 valence electrons. The van der Waals surface area contributed by atoms with Gasteiger partial charge < -0.3 is 5.11 Å². The van der Waals surface area contributed by atoms with Crippen LogP contribution in [-0.4, -0.2) is 24.6 Å². The molecular formula is C8H8N4O. The van der Waals surface area contributed by atoms with Crippen LogP contribution in [0.5, 0.6) is 0 Å². The summed E-state index contributed by atoms with van der Waals surface area (Å²) in [6.45, 7) is -0.0791. The molecule has 0 amide bonds. The number of aliphatic hydroxyl groups excluding tert-OH is 1. The number of aromatic nitrogens is 4. The molecule has 13 heavy (non-hydrogen) atoms. The fourth-order valence-corrected chi connectivity index (χ4v) is 1.01. The maximum absolute atomic E-state index is 8.84. The zero-order valence-electron chi connectivity index (χ0n) is 6.83. The Kier molecular flexibility index (Phi) is 2.01. The van der Waals surface area contributed by atoms with Crippen molar-refractivity contribution in [3.8, 4) is 5.82 Å². The smallest absolute Gasteiger partial charge is 0.141 e. The average molecular weight is 176 g/mol. The second-order valence-corrected chi connectivity index (χ2v) is 2.50. The first kappa shape index (κ1) is 7.88. The average Bonchev–Trinajstić information content (AvgIpc) is 2.71. The molecule has 2 aromatic rings. The van der Waals surface area contributed by atoms with Crippen LogP contribution in [0.3, 0.4) is 0 Å². The Morgan fingerprint density at radius 3 is 3.00 bits per heavy atom. The summed E-state index contributed by atoms with van der Waals surface area (Å²) >= 11 is 0. The van der Waals surface area contributed by atoms with Gasteiger partial charge in [0.25, 0.3) is 0 Å². The molecule has 0 saturated heterocycles. The molecule has 2 heterocycles. The molecule has 2 aromatic heterocycles. The number of hydrogen-bond acceptors (Lipinski definition) is 4. The van der Waals surface area contributed by atoms with E-state index < -0.39 is 0 Å². The van der Waals surface area contributed by atoms with Crippen LogP contribution in [0.2, 0.25) is 0 Å². The molecule has 0 aliphatic rings. The normalized spacial score (nSPS) is 10.2. The van der Waals surface area contributed by atoms with Gasteiger partial charge in [0, 0.05) is 18.5 Å². The summed E-state index contributed by atoms with van der Waals surface area (Å²) in [5.41, 5.74) is 0.596. The van der Waals surface area contributed by atoms with Gasteiger partial charge in [0.05, 0.1) is 12.3 Å². The molecule has 0 aliphatic carbocycles. The van der Waals surface area contributed by atoms with E-state index in [0.29, 0.717) is 11.5 Å². The van der Waals surface area contributed by atoms with Crippen LogP contribution in [0, 0.1) is 0 Å². The molecule has 5 nitrogen and oxygen atoms in total. The summed E-state index contributed by atoms with van der Waals surface area (Å²) in [7, 11) is 0. The molecule has 0 spiro atoms. The lowest BCUT2D eigenvalue weighted by atomic mass is 10.4. The molecule has 0 aliphatic heterocycles. The minimum absolute atomic E-state index is 0.0791. The van der Waals surface area contributed by atoms with E-state index in [1.54, 1.807) is 29.4 Å². The van der Waals surface area contributed by atoms with Gasteiger partial charge in [0.1, 0.15) is 18.5 Å². The van der Waals surface area contributed by atoms with Crippen LogP contribution in [-0.2, 0) is 6.61 Å². The van der Waals surface area contributed by atoms with E-state index in [1.807, 2.05) is 0 Å². The van der Waals surface area contributed by atoms with Gasteiger partial charge in [-0.3, -0.25) is 4.57 Å². The van der Waals surface area contributed by atoms with Gasteiger partial charge in [-0.1, -0.05) is 0 Å². The minimum Gasteiger partial charge on any atom is -0.390 e. The fraction of sp³-hybridized carbons (Fsp3) is 0.125. The molecule has 0 fully saturated rings. The van der Waals surface area contributed by atoms with Crippen LogP contribution < -0.4 is 0 Å². The van der Waals surface area contributed by atoms with Gasteiger partial charge in [0.2, 0.25) is 0 Å². The van der Waals surface area contributed by atoms with Gasteiger partial charge in [-0.25, -0.2) is 15.0 Å². The van der Waals surface area contributed by atoms with Gasteiger partial charge in [-0.05, 0) is 0 Å². The SMILES string of the molecule is OCc1cc(-n2ccnc2)ncn1. The Balaban J connectivity index is 2.41. The molecule has 5 heteroatoms. The maximum Gasteiger partial charge on any atom is 0.141 e. The Hall–Kier alpha value is -1.75. The van der Waals surface area contributed by atoms with Crippen molar-refractivity contribution in [3.63, 3.8) is 0 Å². The van der Waals surface area contributed by atoms with E-state index in [9.17, 15) is 0 Å². The number of nitrogens with zero attached hydrogens (tertiary/aromatic N) is 4. The molecule has 0 atom stereocenters. The van der Waals surface area contributed by atoms with E-state index in [2.05, 4.69) is 15.0 Å². The van der Waals surface area contributed by atoms with Crippen molar-refractivity contribution in [2.75, 3.05) is 0 Å². The quantitative estimate of drug-likeness (QED) is 0.707. The summed E-state index contributed by atoms with van der Waals surface area (Å²) in [4.78, 5) is 11.8. The van der Waals surface area contributed by atoms with Crippen molar-refractivity contribution < 1.29 is 5.11 Å². The van der Waals surface area contributed by atoms with Crippen LogP contribution in [0.4, 0.5) is 0 Å². The van der Waals surface area contributed by atoms with Crippen molar-refractivity contribution in [2.24, 2.45) is 0 Å². The van der Waals surface area contributed by atoms with Gasteiger partial charge in [-0.2, -0.15) is 0 Å². The highest BCUT2D eigenvalue weighted by atomic mass is 16.3. The highest BCUT2D eigenvalue weighted by molar-refractivity contribution is 5.22. The van der Waals surface area contributed by atoms with Crippen molar-refractivity contribution in [1.82, 2.24) is 19.5 Å². The van der Waals surface area contributed by atoms with Crippen LogP contribution in [0.25, 0.3) is 5.82 Å². The lowest BCUT2D eigenvalue weighted by Gasteiger charge is -2.00. The van der Waals surface area contributed by atoms with Gasteiger partial charge >= 0.3 is 0 Å². The van der Waals surface area contributed by atoms with Crippen molar-refractivity contribution in [1.29, 1.82) is 0 Å². The predicted octanol–water partition coefficient (Wildman–Crippen LogP) is 0.155. The zero-order chi connectivity index (χ0) is 9.10. The fourth-order valence-electron chi connectivity index (χ4n) is 1.01. The molecule has 0 radical (unpaired) electrons. The first-order chi connectivity index (χ1) is 6.40. The van der Waals surface area contributed by atoms with Gasteiger partial charge in [0.15, 0.2) is 0 Å². The third-order valence-electron chi connectivity index (χ3n) is 1.64. The second-order valence-electron chi connectivity index (χ2n) is 2.50. The van der Waals surface area contributed by atoms with E-state index >= 15 is 0 Å². The van der Waals surface area contributed by atoms with Crippen molar-refractivity contribution in [2.45, 2.75) is 6.61 Å². The highest BCUT2D eigenvalue weighted by Crippen LogP contribution is 2.03. The minimum atomic E-state index is -0.0791. The first-order valence-corrected chi connectivity index (χ1v) is 3.80. The summed E-state index contributed by atoms with van der Waals surface area (Å²) in [6, 6.07) is 1.71. The summed E-state index contributed by atoms with van der Waals surface area (Å²) in [5, 5.41) is 8.84. The Bertz CT molecular complexity index is 385. The van der Waals surface area contributed by atoms with E-state index in [1.165, 1.54) is 6.33 Å². The number of hydrogen-bond donors (Lipinski definition) is 1. The molecule has 0 saturated carbocycles. The summed E-state index contributed by atoms with van der Waals surface area (Å²) < 4.78 is 1.75. The van der Waals surface area contributed by atoms with E-state index in [4.69, 9.17) is 5.11 Å². The van der Waals surface area contributed by atoms with Crippen molar-refractivity contribution >= 4 is 0 Å². The summed E-state index contributed by atoms with van der Waals surface area (Å²) in [5.74, 6) is 0.705. The largest absolute Gasteiger partial charge is 0.390 e. The predicted molar refractivity (Wildman–Crippen MR) is 45.1 cm³/mol. The number of imidazole rings is 1. The lowest BCUT2D eigenvalue weighted by Crippen LogP contribution is -1.98.